The molecule has 0 aromatic heterocycles. The number of nitrogens with zero attached hydrogens (tertiary/aromatic N) is 3. The number of carbonyl (C=O) groups excluding carboxylic acids is 3. The maximum atomic E-state index is 12.8. The van der Waals surface area contributed by atoms with Crippen molar-refractivity contribution >= 4 is 35.4 Å². The fourth-order valence-electron chi connectivity index (χ4n) is 2.55. The summed E-state index contributed by atoms with van der Waals surface area (Å²) >= 11 is 0. The van der Waals surface area contributed by atoms with Gasteiger partial charge in [-0.3, -0.25) is 19.9 Å². The Morgan fingerprint density at radius 3 is 2.52 bits per heavy atom. The molecule has 0 spiro atoms. The van der Waals surface area contributed by atoms with E-state index in [4.69, 9.17) is 10.00 Å². The number of amides is 4. The number of imide groups is 2. The lowest BCUT2D eigenvalue weighted by Crippen LogP contribution is -2.58. The number of hydrogen-bond acceptors (Lipinski definition) is 6. The number of anilines is 1. The molecule has 1 N–H and O–H groups in total. The van der Waals surface area contributed by atoms with Gasteiger partial charge in [-0.05, 0) is 36.4 Å². The van der Waals surface area contributed by atoms with Gasteiger partial charge in [-0.15, -0.1) is 0 Å². The van der Waals surface area contributed by atoms with Crippen LogP contribution in [0.2, 0.25) is 0 Å². The Labute approximate surface area is 154 Å². The number of para-hydroxylation sites is 2. The molecule has 1 aliphatic rings. The maximum Gasteiger partial charge on any atom is 0.335 e. The predicted molar refractivity (Wildman–Crippen MR) is 96.8 cm³/mol. The minimum Gasteiger partial charge on any atom is -0.495 e. The van der Waals surface area contributed by atoms with Crippen LogP contribution in [0.4, 0.5) is 16.2 Å². The van der Waals surface area contributed by atoms with Crippen LogP contribution in [0.5, 0.6) is 5.75 Å². The van der Waals surface area contributed by atoms with Gasteiger partial charge in [0.05, 0.1) is 30.1 Å². The number of urea groups is 1. The molecule has 2 aromatic carbocycles. The quantitative estimate of drug-likeness (QED) is 0.662. The lowest BCUT2D eigenvalue weighted by molar-refractivity contribution is -0.131. The van der Waals surface area contributed by atoms with Crippen molar-refractivity contribution in [3.8, 4) is 11.8 Å². The molecule has 0 bridgehead atoms. The van der Waals surface area contributed by atoms with Gasteiger partial charge in [0, 0.05) is 6.21 Å². The van der Waals surface area contributed by atoms with Gasteiger partial charge >= 0.3 is 6.03 Å². The monoisotopic (exact) mass is 362 g/mol. The molecule has 1 fully saturated rings. The highest BCUT2D eigenvalue weighted by molar-refractivity contribution is 6.33. The predicted octanol–water partition coefficient (Wildman–Crippen LogP) is 2.17. The van der Waals surface area contributed by atoms with E-state index in [1.54, 1.807) is 48.5 Å². The van der Waals surface area contributed by atoms with Gasteiger partial charge < -0.3 is 4.74 Å². The van der Waals surface area contributed by atoms with E-state index in [9.17, 15) is 14.4 Å². The lowest BCUT2D eigenvalue weighted by Gasteiger charge is -2.29. The first-order chi connectivity index (χ1) is 13.0. The number of barbiturate groups is 1. The Hall–Kier alpha value is -3.99. The molecule has 4 amide bonds. The molecule has 3 rings (SSSR count). The maximum absolute atomic E-state index is 12.8. The zero-order valence-electron chi connectivity index (χ0n) is 14.2. The van der Waals surface area contributed by atoms with Crippen LogP contribution in [-0.2, 0) is 9.59 Å². The average Bonchev–Trinajstić information content (AvgIpc) is 2.68. The number of aliphatic imine (C=N–C) groups is 1. The van der Waals surface area contributed by atoms with Crippen molar-refractivity contribution in [3.63, 3.8) is 0 Å². The van der Waals surface area contributed by atoms with Gasteiger partial charge in [0.15, 0.2) is 5.92 Å². The van der Waals surface area contributed by atoms with E-state index in [1.165, 1.54) is 13.3 Å². The van der Waals surface area contributed by atoms with E-state index in [-0.39, 0.29) is 5.69 Å². The van der Waals surface area contributed by atoms with Crippen LogP contribution < -0.4 is 15.0 Å². The Kier molecular flexibility index (Phi) is 4.95. The molecule has 0 saturated carbocycles. The summed E-state index contributed by atoms with van der Waals surface area (Å²) in [6, 6.07) is 13.9. The van der Waals surface area contributed by atoms with Gasteiger partial charge in [-0.25, -0.2) is 9.69 Å². The fourth-order valence-corrected chi connectivity index (χ4v) is 2.55. The molecule has 27 heavy (non-hydrogen) atoms. The molecule has 134 valence electrons. The van der Waals surface area contributed by atoms with Crippen LogP contribution in [0.25, 0.3) is 0 Å². The molecule has 8 heteroatoms. The minimum absolute atomic E-state index is 0.228. The Balaban J connectivity index is 1.90. The van der Waals surface area contributed by atoms with Crippen molar-refractivity contribution in [2.75, 3.05) is 12.0 Å². The lowest BCUT2D eigenvalue weighted by atomic mass is 10.1. The zero-order chi connectivity index (χ0) is 19.4. The Bertz CT molecular complexity index is 976. The van der Waals surface area contributed by atoms with Crippen molar-refractivity contribution in [1.29, 1.82) is 5.26 Å². The van der Waals surface area contributed by atoms with Gasteiger partial charge in [0.2, 0.25) is 5.91 Å². The van der Waals surface area contributed by atoms with Gasteiger partial charge in [-0.2, -0.15) is 5.26 Å². The summed E-state index contributed by atoms with van der Waals surface area (Å²) in [5.74, 6) is -2.44. The minimum atomic E-state index is -1.27. The third-order valence-corrected chi connectivity index (χ3v) is 3.90. The molecule has 0 aliphatic carbocycles. The zero-order valence-corrected chi connectivity index (χ0v) is 14.2. The van der Waals surface area contributed by atoms with E-state index >= 15 is 0 Å². The summed E-state index contributed by atoms with van der Waals surface area (Å²) in [7, 11) is 1.42. The highest BCUT2D eigenvalue weighted by Gasteiger charge is 2.41. The molecule has 1 saturated heterocycles. The summed E-state index contributed by atoms with van der Waals surface area (Å²) in [5, 5.41) is 11.0. The van der Waals surface area contributed by atoms with E-state index in [1.807, 2.05) is 6.07 Å². The van der Waals surface area contributed by atoms with E-state index in [2.05, 4.69) is 10.3 Å². The SMILES string of the molecule is COc1ccccc1N1C(=O)NC(=O)[C@H](C=Nc2ccc(C#N)cc2)C1=O. The average molecular weight is 362 g/mol. The normalized spacial score (nSPS) is 17.0. The second-order valence-electron chi connectivity index (χ2n) is 5.55. The first-order valence-electron chi connectivity index (χ1n) is 7.91. The number of nitriles is 1. The van der Waals surface area contributed by atoms with Crippen molar-refractivity contribution in [2.45, 2.75) is 0 Å². The number of benzene rings is 2. The number of rotatable bonds is 4. The summed E-state index contributed by atoms with van der Waals surface area (Å²) < 4.78 is 5.19. The molecular formula is C19H14N4O4. The summed E-state index contributed by atoms with van der Waals surface area (Å²) in [6.07, 6.45) is 1.17. The highest BCUT2D eigenvalue weighted by atomic mass is 16.5. The molecule has 1 aliphatic heterocycles. The van der Waals surface area contributed by atoms with E-state index in [0.717, 1.165) is 4.90 Å². The summed E-state index contributed by atoms with van der Waals surface area (Å²) in [5.41, 5.74) is 1.16. The Morgan fingerprint density at radius 2 is 1.85 bits per heavy atom. The largest absolute Gasteiger partial charge is 0.495 e. The molecule has 1 atom stereocenters. The summed E-state index contributed by atoms with van der Waals surface area (Å²) in [6.45, 7) is 0. The Morgan fingerprint density at radius 1 is 1.15 bits per heavy atom. The van der Waals surface area contributed by atoms with E-state index in [0.29, 0.717) is 17.0 Å². The van der Waals surface area contributed by atoms with Crippen LogP contribution >= 0.6 is 0 Å². The van der Waals surface area contributed by atoms with Gasteiger partial charge in [0.25, 0.3) is 5.91 Å². The van der Waals surface area contributed by atoms with Gasteiger partial charge in [-0.1, -0.05) is 12.1 Å². The number of nitrogens with one attached hydrogen (secondary N) is 1. The van der Waals surface area contributed by atoms with Crippen molar-refractivity contribution < 1.29 is 19.1 Å². The first kappa shape index (κ1) is 17.8. The molecule has 0 unspecified atom stereocenters. The number of hydrogen-bond donors (Lipinski definition) is 1. The third-order valence-electron chi connectivity index (χ3n) is 3.90. The second-order valence-corrected chi connectivity index (χ2v) is 5.55. The van der Waals surface area contributed by atoms with Gasteiger partial charge in [0.1, 0.15) is 5.75 Å². The summed E-state index contributed by atoms with van der Waals surface area (Å²) in [4.78, 5) is 42.1. The van der Waals surface area contributed by atoms with Crippen LogP contribution in [0.1, 0.15) is 5.56 Å². The molecule has 1 heterocycles. The number of ether oxygens (including phenoxy) is 1. The van der Waals surface area contributed by atoms with Crippen LogP contribution in [0, 0.1) is 17.2 Å². The van der Waals surface area contributed by atoms with Crippen molar-refractivity contribution in [2.24, 2.45) is 10.9 Å². The van der Waals surface area contributed by atoms with Crippen LogP contribution in [0.15, 0.2) is 53.5 Å². The van der Waals surface area contributed by atoms with Crippen molar-refractivity contribution in [1.82, 2.24) is 5.32 Å². The fraction of sp³-hybridized carbons (Fsp3) is 0.105. The second kappa shape index (κ2) is 7.49. The van der Waals surface area contributed by atoms with Crippen LogP contribution in [0.3, 0.4) is 0 Å². The molecular weight excluding hydrogens is 348 g/mol. The van der Waals surface area contributed by atoms with E-state index < -0.39 is 23.8 Å². The standard InChI is InChI=1S/C19H14N4O4/c1-27-16-5-3-2-4-15(16)23-18(25)14(17(24)22-19(23)26)11-21-13-8-6-12(10-20)7-9-13/h2-9,11,14H,1H3,(H,22,24,26)/t14-/m0/s1. The molecule has 0 radical (unpaired) electrons. The number of methoxy groups -OCH3 is 1. The van der Waals surface area contributed by atoms with Crippen LogP contribution in [-0.4, -0.2) is 31.2 Å². The first-order valence-corrected chi connectivity index (χ1v) is 7.91. The molecule has 8 nitrogen and oxygen atoms in total. The van der Waals surface area contributed by atoms with Crippen molar-refractivity contribution in [3.05, 3.63) is 54.1 Å². The molecule has 2 aromatic rings. The third kappa shape index (κ3) is 3.52. The smallest absolute Gasteiger partial charge is 0.335 e. The topological polar surface area (TPSA) is 112 Å². The number of carbonyl (C=O) groups is 3. The highest BCUT2D eigenvalue weighted by Crippen LogP contribution is 2.30.